The molecule has 1 amide bonds. The van der Waals surface area contributed by atoms with Gasteiger partial charge >= 0.3 is 0 Å². The summed E-state index contributed by atoms with van der Waals surface area (Å²) in [6.45, 7) is 2.43. The fourth-order valence-electron chi connectivity index (χ4n) is 3.44. The Balaban J connectivity index is 1.54. The molecule has 28 heavy (non-hydrogen) atoms. The molecule has 1 saturated heterocycles. The number of para-hydroxylation sites is 1. The van der Waals surface area contributed by atoms with Crippen molar-refractivity contribution in [3.05, 3.63) is 78.4 Å². The molecule has 1 N–H and O–H groups in total. The molecule has 1 atom stereocenters. The van der Waals surface area contributed by atoms with E-state index in [1.165, 1.54) is 6.33 Å². The maximum absolute atomic E-state index is 13.2. The van der Waals surface area contributed by atoms with E-state index in [-0.39, 0.29) is 18.5 Å². The van der Waals surface area contributed by atoms with Gasteiger partial charge in [0.1, 0.15) is 18.2 Å². The van der Waals surface area contributed by atoms with Gasteiger partial charge in [0.2, 0.25) is 5.91 Å². The summed E-state index contributed by atoms with van der Waals surface area (Å²) in [5, 5.41) is 6.78. The molecule has 1 aliphatic heterocycles. The van der Waals surface area contributed by atoms with Crippen molar-refractivity contribution in [1.82, 2.24) is 20.1 Å². The van der Waals surface area contributed by atoms with Crippen LogP contribution in [0.5, 0.6) is 0 Å². The molecular weight excluding hydrogens is 354 g/mol. The van der Waals surface area contributed by atoms with Crippen molar-refractivity contribution in [2.24, 2.45) is 0 Å². The number of carbonyl (C=O) groups is 1. The first-order chi connectivity index (χ1) is 13.8. The van der Waals surface area contributed by atoms with E-state index in [4.69, 9.17) is 4.74 Å². The first-order valence-electron chi connectivity index (χ1n) is 9.37. The molecule has 1 aliphatic rings. The third kappa shape index (κ3) is 4.20. The van der Waals surface area contributed by atoms with Gasteiger partial charge < -0.3 is 14.5 Å². The lowest BCUT2D eigenvalue weighted by Gasteiger charge is -2.36. The molecule has 4 rings (SSSR count). The van der Waals surface area contributed by atoms with Gasteiger partial charge in [-0.2, -0.15) is 5.10 Å². The molecule has 1 fully saturated rings. The number of nitrogens with one attached hydrogen (secondary N) is 1. The summed E-state index contributed by atoms with van der Waals surface area (Å²) in [4.78, 5) is 21.4. The first kappa shape index (κ1) is 18.2. The minimum Gasteiger partial charge on any atom is -0.377 e. The van der Waals surface area contributed by atoms with E-state index in [9.17, 15) is 4.79 Å². The number of aromatic amines is 1. The zero-order valence-electron chi connectivity index (χ0n) is 15.6. The van der Waals surface area contributed by atoms with Gasteiger partial charge in [-0.05, 0) is 17.7 Å². The Morgan fingerprint density at radius 2 is 1.89 bits per heavy atom. The smallest absolute Gasteiger partial charge is 0.242 e. The topological polar surface area (TPSA) is 74.3 Å². The van der Waals surface area contributed by atoms with E-state index >= 15 is 0 Å². The number of H-pyrrole nitrogens is 1. The minimum atomic E-state index is -0.238. The van der Waals surface area contributed by atoms with Crippen molar-refractivity contribution in [3.8, 4) is 0 Å². The Kier molecular flexibility index (Phi) is 5.63. The van der Waals surface area contributed by atoms with Crippen LogP contribution in [-0.2, 0) is 16.1 Å². The van der Waals surface area contributed by atoms with Gasteiger partial charge in [-0.25, -0.2) is 4.98 Å². The zero-order chi connectivity index (χ0) is 19.2. The van der Waals surface area contributed by atoms with Crippen LogP contribution in [0.4, 0.5) is 5.69 Å². The lowest BCUT2D eigenvalue weighted by Crippen LogP contribution is -2.48. The largest absolute Gasteiger partial charge is 0.377 e. The van der Waals surface area contributed by atoms with Crippen LogP contribution in [0, 0.1) is 0 Å². The molecule has 0 bridgehead atoms. The highest BCUT2D eigenvalue weighted by Crippen LogP contribution is 2.23. The molecule has 1 aromatic heterocycles. The average molecular weight is 377 g/mol. The van der Waals surface area contributed by atoms with Crippen LogP contribution >= 0.6 is 0 Å². The van der Waals surface area contributed by atoms with E-state index in [0.29, 0.717) is 32.1 Å². The third-order valence-corrected chi connectivity index (χ3v) is 4.86. The molecule has 0 radical (unpaired) electrons. The van der Waals surface area contributed by atoms with Gasteiger partial charge in [0, 0.05) is 18.8 Å². The van der Waals surface area contributed by atoms with Gasteiger partial charge in [0.25, 0.3) is 0 Å². The molecular formula is C21H23N5O2. The number of carbonyl (C=O) groups excluding carboxylic acids is 1. The van der Waals surface area contributed by atoms with Crippen molar-refractivity contribution in [3.63, 3.8) is 0 Å². The monoisotopic (exact) mass is 377 g/mol. The number of hydrogen-bond acceptors (Lipinski definition) is 5. The molecule has 3 aromatic rings. The van der Waals surface area contributed by atoms with Crippen molar-refractivity contribution in [2.75, 3.05) is 31.2 Å². The van der Waals surface area contributed by atoms with Crippen LogP contribution < -0.4 is 4.90 Å². The quantitative estimate of drug-likeness (QED) is 0.714. The third-order valence-electron chi connectivity index (χ3n) is 4.86. The molecule has 2 heterocycles. The highest BCUT2D eigenvalue weighted by atomic mass is 16.5. The average Bonchev–Trinajstić information content (AvgIpc) is 3.29. The molecule has 0 unspecified atom stereocenters. The highest BCUT2D eigenvalue weighted by Gasteiger charge is 2.31. The normalized spacial score (nSPS) is 16.7. The van der Waals surface area contributed by atoms with E-state index in [1.807, 2.05) is 53.4 Å². The van der Waals surface area contributed by atoms with Crippen LogP contribution in [0.25, 0.3) is 0 Å². The van der Waals surface area contributed by atoms with Gasteiger partial charge in [-0.3, -0.25) is 9.89 Å². The number of rotatable bonds is 6. The van der Waals surface area contributed by atoms with Gasteiger partial charge in [0.15, 0.2) is 0 Å². The standard InChI is InChI=1S/C21H23N5O2/c27-20(26-11-12-28-15-19(26)21-22-16-23-24-21)14-25(18-9-5-2-6-10-18)13-17-7-3-1-4-8-17/h1-10,16,19H,11-15H2,(H,22,23,24)/t19-/m1/s1. The number of anilines is 1. The van der Waals surface area contributed by atoms with Crippen molar-refractivity contribution in [2.45, 2.75) is 12.6 Å². The van der Waals surface area contributed by atoms with Crippen molar-refractivity contribution in [1.29, 1.82) is 0 Å². The number of ether oxygens (including phenoxy) is 1. The van der Waals surface area contributed by atoms with Gasteiger partial charge in [-0.15, -0.1) is 0 Å². The number of hydrogen-bond donors (Lipinski definition) is 1. The SMILES string of the molecule is O=C(CN(Cc1ccccc1)c1ccccc1)N1CCOC[C@@H]1c1ncn[nH]1. The summed E-state index contributed by atoms with van der Waals surface area (Å²) in [5.41, 5.74) is 2.18. The fourth-order valence-corrected chi connectivity index (χ4v) is 3.44. The second-order valence-electron chi connectivity index (χ2n) is 6.73. The van der Waals surface area contributed by atoms with Crippen LogP contribution in [-0.4, -0.2) is 52.3 Å². The van der Waals surface area contributed by atoms with E-state index in [2.05, 4.69) is 32.2 Å². The molecule has 7 heteroatoms. The number of amides is 1. The molecule has 0 spiro atoms. The Labute approximate surface area is 164 Å². The fraction of sp³-hybridized carbons (Fsp3) is 0.286. The van der Waals surface area contributed by atoms with E-state index < -0.39 is 0 Å². The number of nitrogens with zero attached hydrogens (tertiary/aromatic N) is 4. The summed E-state index contributed by atoms with van der Waals surface area (Å²) in [6, 6.07) is 20.0. The zero-order valence-corrected chi connectivity index (χ0v) is 15.6. The summed E-state index contributed by atoms with van der Waals surface area (Å²) < 4.78 is 5.58. The molecule has 7 nitrogen and oxygen atoms in total. The summed E-state index contributed by atoms with van der Waals surface area (Å²) >= 11 is 0. The lowest BCUT2D eigenvalue weighted by molar-refractivity contribution is -0.139. The van der Waals surface area contributed by atoms with Crippen LogP contribution in [0.2, 0.25) is 0 Å². The Hall–Kier alpha value is -3.19. The maximum Gasteiger partial charge on any atom is 0.242 e. The molecule has 144 valence electrons. The second kappa shape index (κ2) is 8.67. The molecule has 0 saturated carbocycles. The lowest BCUT2D eigenvalue weighted by atomic mass is 10.1. The van der Waals surface area contributed by atoms with Crippen LogP contribution in [0.1, 0.15) is 17.4 Å². The summed E-state index contributed by atoms with van der Waals surface area (Å²) in [6.07, 6.45) is 1.46. The minimum absolute atomic E-state index is 0.0458. The van der Waals surface area contributed by atoms with Crippen LogP contribution in [0.3, 0.4) is 0 Å². The van der Waals surface area contributed by atoms with Gasteiger partial charge in [0.05, 0.1) is 19.8 Å². The van der Waals surface area contributed by atoms with Crippen molar-refractivity contribution < 1.29 is 9.53 Å². The van der Waals surface area contributed by atoms with E-state index in [1.54, 1.807) is 0 Å². The van der Waals surface area contributed by atoms with Gasteiger partial charge in [-0.1, -0.05) is 48.5 Å². The van der Waals surface area contributed by atoms with E-state index in [0.717, 1.165) is 11.3 Å². The molecule has 2 aromatic carbocycles. The highest BCUT2D eigenvalue weighted by molar-refractivity contribution is 5.82. The second-order valence-corrected chi connectivity index (χ2v) is 6.73. The molecule has 0 aliphatic carbocycles. The number of benzene rings is 2. The predicted octanol–water partition coefficient (Wildman–Crippen LogP) is 2.41. The Morgan fingerprint density at radius 1 is 1.14 bits per heavy atom. The predicted molar refractivity (Wildman–Crippen MR) is 106 cm³/mol. The first-order valence-corrected chi connectivity index (χ1v) is 9.37. The van der Waals surface area contributed by atoms with Crippen LogP contribution in [0.15, 0.2) is 67.0 Å². The number of morpholine rings is 1. The summed E-state index contributed by atoms with van der Waals surface area (Å²) in [5.74, 6) is 0.701. The summed E-state index contributed by atoms with van der Waals surface area (Å²) in [7, 11) is 0. The Bertz CT molecular complexity index is 870. The maximum atomic E-state index is 13.2. The van der Waals surface area contributed by atoms with Crippen molar-refractivity contribution >= 4 is 11.6 Å². The number of aromatic nitrogens is 3. The Morgan fingerprint density at radius 3 is 2.61 bits per heavy atom.